The minimum Gasteiger partial charge on any atom is -0.496 e. The lowest BCUT2D eigenvalue weighted by molar-refractivity contribution is -0.139. The number of hydrogen-bond acceptors (Lipinski definition) is 4. The molecular weight excluding hydrogens is 323 g/mol. The number of halogens is 1. The van der Waals surface area contributed by atoms with Gasteiger partial charge in [0.15, 0.2) is 0 Å². The summed E-state index contributed by atoms with van der Waals surface area (Å²) in [7, 11) is 1.52. The summed E-state index contributed by atoms with van der Waals surface area (Å²) >= 11 is 0. The summed E-state index contributed by atoms with van der Waals surface area (Å²) in [4.78, 5) is 0. The Morgan fingerprint density at radius 2 is 1.88 bits per heavy atom. The maximum Gasteiger partial charge on any atom is 0.124 e. The molecule has 3 rings (SSSR count). The molecule has 4 nitrogen and oxygen atoms in total. The van der Waals surface area contributed by atoms with E-state index in [0.717, 1.165) is 18.4 Å². The lowest BCUT2D eigenvalue weighted by Gasteiger charge is -2.37. The highest BCUT2D eigenvalue weighted by Gasteiger charge is 2.33. The summed E-state index contributed by atoms with van der Waals surface area (Å²) < 4.78 is 30.5. The minimum atomic E-state index is -0.606. The number of aliphatic hydroxyl groups excluding tert-OH is 1. The Morgan fingerprint density at radius 1 is 1.12 bits per heavy atom. The molecule has 134 valence electrons. The van der Waals surface area contributed by atoms with Gasteiger partial charge in [-0.05, 0) is 23.8 Å². The molecule has 1 saturated carbocycles. The summed E-state index contributed by atoms with van der Waals surface area (Å²) in [6.45, 7) is 0.352. The SMILES string of the molecule is COc1ccc(F)cc1[C@H](CO)O[C@H]1C[C@@H](OCc2ccccc2)C1. The Bertz CT molecular complexity index is 671. The van der Waals surface area contributed by atoms with Crippen molar-refractivity contribution in [2.45, 2.75) is 37.8 Å². The van der Waals surface area contributed by atoms with Crippen molar-refractivity contribution >= 4 is 0 Å². The first kappa shape index (κ1) is 17.9. The van der Waals surface area contributed by atoms with Gasteiger partial charge in [0.2, 0.25) is 0 Å². The highest BCUT2D eigenvalue weighted by atomic mass is 19.1. The molecular formula is C20H23FO4. The maximum absolute atomic E-state index is 13.5. The second-order valence-electron chi connectivity index (χ2n) is 6.21. The molecule has 1 fully saturated rings. The first-order valence-corrected chi connectivity index (χ1v) is 8.45. The molecule has 0 unspecified atom stereocenters. The topological polar surface area (TPSA) is 47.9 Å². The Labute approximate surface area is 147 Å². The van der Waals surface area contributed by atoms with Crippen LogP contribution in [0.1, 0.15) is 30.1 Å². The smallest absolute Gasteiger partial charge is 0.124 e. The summed E-state index contributed by atoms with van der Waals surface area (Å²) in [5, 5.41) is 9.64. The van der Waals surface area contributed by atoms with Gasteiger partial charge in [0.25, 0.3) is 0 Å². The summed E-state index contributed by atoms with van der Waals surface area (Å²) in [6, 6.07) is 14.2. The standard InChI is InChI=1S/C20H23FO4/c1-23-19-8-7-15(21)9-18(19)20(12-22)25-17-10-16(11-17)24-13-14-5-3-2-4-6-14/h2-9,16-17,20,22H,10-13H2,1H3/t16-,17+,20-/m0/s1. The largest absolute Gasteiger partial charge is 0.496 e. The quantitative estimate of drug-likeness (QED) is 0.793. The van der Waals surface area contributed by atoms with Gasteiger partial charge in [-0.3, -0.25) is 0 Å². The molecule has 1 atom stereocenters. The van der Waals surface area contributed by atoms with Crippen LogP contribution in [0.4, 0.5) is 4.39 Å². The van der Waals surface area contributed by atoms with Crippen LogP contribution in [0.15, 0.2) is 48.5 Å². The average Bonchev–Trinajstić information content (AvgIpc) is 2.61. The van der Waals surface area contributed by atoms with Crippen LogP contribution >= 0.6 is 0 Å². The van der Waals surface area contributed by atoms with E-state index in [1.54, 1.807) is 6.07 Å². The van der Waals surface area contributed by atoms with Crippen molar-refractivity contribution in [2.24, 2.45) is 0 Å². The zero-order valence-electron chi connectivity index (χ0n) is 14.2. The van der Waals surface area contributed by atoms with Crippen molar-refractivity contribution in [1.29, 1.82) is 0 Å². The first-order valence-electron chi connectivity index (χ1n) is 8.45. The van der Waals surface area contributed by atoms with Gasteiger partial charge in [-0.2, -0.15) is 0 Å². The van der Waals surface area contributed by atoms with Crippen molar-refractivity contribution < 1.29 is 23.7 Å². The van der Waals surface area contributed by atoms with Gasteiger partial charge in [0.1, 0.15) is 17.7 Å². The summed E-state index contributed by atoms with van der Waals surface area (Å²) in [5.41, 5.74) is 1.67. The molecule has 2 aromatic rings. The highest BCUT2D eigenvalue weighted by molar-refractivity contribution is 5.36. The number of aliphatic hydroxyl groups is 1. The molecule has 1 aliphatic carbocycles. The number of benzene rings is 2. The zero-order valence-corrected chi connectivity index (χ0v) is 14.2. The zero-order chi connectivity index (χ0) is 17.6. The van der Waals surface area contributed by atoms with Crippen molar-refractivity contribution in [3.63, 3.8) is 0 Å². The van der Waals surface area contributed by atoms with E-state index in [4.69, 9.17) is 14.2 Å². The molecule has 0 radical (unpaired) electrons. The van der Waals surface area contributed by atoms with Crippen LogP contribution in [0.25, 0.3) is 0 Å². The molecule has 2 aromatic carbocycles. The molecule has 0 heterocycles. The van der Waals surface area contributed by atoms with Gasteiger partial charge >= 0.3 is 0 Å². The second kappa shape index (κ2) is 8.43. The lowest BCUT2D eigenvalue weighted by atomic mass is 9.91. The van der Waals surface area contributed by atoms with Gasteiger partial charge < -0.3 is 19.3 Å². The Kier molecular flexibility index (Phi) is 6.02. The van der Waals surface area contributed by atoms with E-state index >= 15 is 0 Å². The van der Waals surface area contributed by atoms with Crippen LogP contribution in [0.5, 0.6) is 5.75 Å². The number of hydrogen-bond donors (Lipinski definition) is 1. The number of ether oxygens (including phenoxy) is 3. The Hall–Kier alpha value is -1.95. The van der Waals surface area contributed by atoms with Gasteiger partial charge in [-0.15, -0.1) is 0 Å². The van der Waals surface area contributed by atoms with Crippen LogP contribution in [0.3, 0.4) is 0 Å². The summed E-state index contributed by atoms with van der Waals surface area (Å²) in [5.74, 6) is 0.132. The maximum atomic E-state index is 13.5. The van der Waals surface area contributed by atoms with Crippen LogP contribution in [-0.4, -0.2) is 31.0 Å². The van der Waals surface area contributed by atoms with E-state index in [9.17, 15) is 9.50 Å². The van der Waals surface area contributed by atoms with Gasteiger partial charge in [0.05, 0.1) is 32.5 Å². The fourth-order valence-corrected chi connectivity index (χ4v) is 2.96. The van der Waals surface area contributed by atoms with Crippen molar-refractivity contribution in [2.75, 3.05) is 13.7 Å². The van der Waals surface area contributed by atoms with E-state index in [1.807, 2.05) is 30.3 Å². The van der Waals surface area contributed by atoms with Crippen molar-refractivity contribution in [3.05, 3.63) is 65.5 Å². The Morgan fingerprint density at radius 3 is 2.56 bits per heavy atom. The Balaban J connectivity index is 1.50. The molecule has 25 heavy (non-hydrogen) atoms. The summed E-state index contributed by atoms with van der Waals surface area (Å²) in [6.07, 6.45) is 1.07. The average molecular weight is 346 g/mol. The van der Waals surface area contributed by atoms with Crippen LogP contribution in [-0.2, 0) is 16.1 Å². The van der Waals surface area contributed by atoms with Crippen molar-refractivity contribution in [3.8, 4) is 5.75 Å². The molecule has 0 aliphatic heterocycles. The third-order valence-electron chi connectivity index (χ3n) is 4.44. The van der Waals surface area contributed by atoms with Crippen LogP contribution < -0.4 is 4.74 Å². The third kappa shape index (κ3) is 4.57. The fraction of sp³-hybridized carbons (Fsp3) is 0.400. The van der Waals surface area contributed by atoms with Gasteiger partial charge in [0, 0.05) is 18.4 Å². The minimum absolute atomic E-state index is 0.00843. The molecule has 0 aromatic heterocycles. The van der Waals surface area contributed by atoms with Crippen LogP contribution in [0.2, 0.25) is 0 Å². The lowest BCUT2D eigenvalue weighted by Crippen LogP contribution is -2.38. The van der Waals surface area contributed by atoms with Crippen LogP contribution in [0, 0.1) is 5.82 Å². The predicted molar refractivity (Wildman–Crippen MR) is 91.9 cm³/mol. The fourth-order valence-electron chi connectivity index (χ4n) is 2.96. The number of methoxy groups -OCH3 is 1. The molecule has 1 aliphatic rings. The van der Waals surface area contributed by atoms with E-state index in [1.165, 1.54) is 19.2 Å². The first-order chi connectivity index (χ1) is 12.2. The molecule has 1 N–H and O–H groups in total. The molecule has 0 bridgehead atoms. The molecule has 0 saturated heterocycles. The molecule has 0 spiro atoms. The highest BCUT2D eigenvalue weighted by Crippen LogP contribution is 2.35. The van der Waals surface area contributed by atoms with E-state index in [0.29, 0.717) is 17.9 Å². The normalized spacial score (nSPS) is 20.8. The number of rotatable bonds is 8. The van der Waals surface area contributed by atoms with Crippen molar-refractivity contribution in [1.82, 2.24) is 0 Å². The third-order valence-corrected chi connectivity index (χ3v) is 4.44. The molecule has 5 heteroatoms. The van der Waals surface area contributed by atoms with E-state index in [2.05, 4.69) is 0 Å². The van der Waals surface area contributed by atoms with Gasteiger partial charge in [-0.25, -0.2) is 4.39 Å². The van der Waals surface area contributed by atoms with Gasteiger partial charge in [-0.1, -0.05) is 30.3 Å². The van der Waals surface area contributed by atoms with E-state index in [-0.39, 0.29) is 24.6 Å². The molecule has 0 amide bonds. The predicted octanol–water partition coefficient (Wildman–Crippen LogP) is 3.63. The van der Waals surface area contributed by atoms with E-state index < -0.39 is 6.10 Å². The second-order valence-corrected chi connectivity index (χ2v) is 6.21. The monoisotopic (exact) mass is 346 g/mol.